The third kappa shape index (κ3) is 3.57. The molecule has 1 aliphatic heterocycles. The van der Waals surface area contributed by atoms with Gasteiger partial charge in [-0.3, -0.25) is 19.3 Å². The predicted molar refractivity (Wildman–Crippen MR) is 110 cm³/mol. The molecule has 0 aliphatic carbocycles. The van der Waals surface area contributed by atoms with Crippen LogP contribution in [-0.2, 0) is 4.79 Å². The lowest BCUT2D eigenvalue weighted by Gasteiger charge is -2.27. The average Bonchev–Trinajstić information content (AvgIpc) is 2.74. The van der Waals surface area contributed by atoms with E-state index in [0.29, 0.717) is 34.4 Å². The maximum atomic E-state index is 12.8. The van der Waals surface area contributed by atoms with Crippen LogP contribution in [0.4, 0.5) is 5.69 Å². The van der Waals surface area contributed by atoms with Crippen LogP contribution in [0.1, 0.15) is 33.6 Å². The summed E-state index contributed by atoms with van der Waals surface area (Å²) < 4.78 is 5.09. The second-order valence-corrected chi connectivity index (χ2v) is 6.85. The number of nitrogens with zero attached hydrogens (tertiary/aromatic N) is 1. The van der Waals surface area contributed by atoms with E-state index in [1.54, 1.807) is 43.5 Å². The van der Waals surface area contributed by atoms with Gasteiger partial charge in [-0.2, -0.15) is 0 Å². The van der Waals surface area contributed by atoms with Crippen molar-refractivity contribution in [3.05, 3.63) is 71.8 Å². The van der Waals surface area contributed by atoms with Gasteiger partial charge in [0.1, 0.15) is 5.75 Å². The zero-order chi connectivity index (χ0) is 20.4. The lowest BCUT2D eigenvalue weighted by molar-refractivity contribution is -0.116. The SMILES string of the molecule is COc1ccc(NC(=O)CCCN2C(=O)c3cccc4cccc(c34)C2=O)cc1. The van der Waals surface area contributed by atoms with Gasteiger partial charge in [-0.25, -0.2) is 0 Å². The van der Waals surface area contributed by atoms with Gasteiger partial charge < -0.3 is 10.1 Å². The van der Waals surface area contributed by atoms with Crippen LogP contribution in [0, 0.1) is 0 Å². The number of rotatable bonds is 6. The number of anilines is 1. The average molecular weight is 388 g/mol. The van der Waals surface area contributed by atoms with Crippen LogP contribution in [0.15, 0.2) is 60.7 Å². The molecule has 3 aromatic rings. The third-order valence-corrected chi connectivity index (χ3v) is 5.02. The van der Waals surface area contributed by atoms with Crippen LogP contribution in [0.25, 0.3) is 10.8 Å². The van der Waals surface area contributed by atoms with E-state index in [2.05, 4.69) is 5.32 Å². The molecular formula is C23H20N2O4. The van der Waals surface area contributed by atoms with Crippen LogP contribution in [0.5, 0.6) is 5.75 Å². The number of carbonyl (C=O) groups is 3. The van der Waals surface area contributed by atoms with Crippen molar-refractivity contribution in [1.82, 2.24) is 4.90 Å². The summed E-state index contributed by atoms with van der Waals surface area (Å²) in [5.41, 5.74) is 1.72. The van der Waals surface area contributed by atoms with E-state index in [9.17, 15) is 14.4 Å². The normalized spacial score (nSPS) is 12.9. The first-order valence-corrected chi connectivity index (χ1v) is 9.40. The largest absolute Gasteiger partial charge is 0.497 e. The number of ether oxygens (including phenoxy) is 1. The van der Waals surface area contributed by atoms with Crippen molar-refractivity contribution in [2.45, 2.75) is 12.8 Å². The van der Waals surface area contributed by atoms with E-state index < -0.39 is 0 Å². The molecule has 3 aromatic carbocycles. The number of hydrogen-bond acceptors (Lipinski definition) is 4. The summed E-state index contributed by atoms with van der Waals surface area (Å²) in [6.07, 6.45) is 0.590. The van der Waals surface area contributed by atoms with Gasteiger partial charge in [0.15, 0.2) is 0 Å². The van der Waals surface area contributed by atoms with Gasteiger partial charge in [-0.1, -0.05) is 24.3 Å². The van der Waals surface area contributed by atoms with E-state index >= 15 is 0 Å². The summed E-state index contributed by atoms with van der Waals surface area (Å²) in [4.78, 5) is 39.1. The number of nitrogens with one attached hydrogen (secondary N) is 1. The van der Waals surface area contributed by atoms with Crippen LogP contribution in [-0.4, -0.2) is 36.3 Å². The smallest absolute Gasteiger partial charge is 0.261 e. The first-order chi connectivity index (χ1) is 14.1. The van der Waals surface area contributed by atoms with Gasteiger partial charge in [0, 0.05) is 35.2 Å². The number of benzene rings is 3. The van der Waals surface area contributed by atoms with Crippen molar-refractivity contribution in [1.29, 1.82) is 0 Å². The fourth-order valence-electron chi connectivity index (χ4n) is 3.58. The van der Waals surface area contributed by atoms with E-state index in [0.717, 1.165) is 5.39 Å². The fraction of sp³-hybridized carbons (Fsp3) is 0.174. The molecule has 0 aromatic heterocycles. The lowest BCUT2D eigenvalue weighted by atomic mass is 9.94. The van der Waals surface area contributed by atoms with Crippen molar-refractivity contribution in [3.8, 4) is 5.75 Å². The fourth-order valence-corrected chi connectivity index (χ4v) is 3.58. The van der Waals surface area contributed by atoms with E-state index in [1.807, 2.05) is 24.3 Å². The molecular weight excluding hydrogens is 368 g/mol. The van der Waals surface area contributed by atoms with Crippen molar-refractivity contribution >= 4 is 34.2 Å². The Balaban J connectivity index is 1.40. The number of methoxy groups -OCH3 is 1. The summed E-state index contributed by atoms with van der Waals surface area (Å²) in [6, 6.07) is 17.9. The Hall–Kier alpha value is -3.67. The second-order valence-electron chi connectivity index (χ2n) is 6.85. The van der Waals surface area contributed by atoms with Crippen molar-refractivity contribution in [2.75, 3.05) is 19.0 Å². The van der Waals surface area contributed by atoms with Crippen LogP contribution in [0.2, 0.25) is 0 Å². The van der Waals surface area contributed by atoms with Crippen LogP contribution >= 0.6 is 0 Å². The standard InChI is InChI=1S/C23H20N2O4/c1-29-17-12-10-16(11-13-17)24-20(26)9-4-14-25-22(27)18-7-2-5-15-6-3-8-19(21(15)18)23(25)28/h2-3,5-8,10-13H,4,9,14H2,1H3,(H,24,26). The Morgan fingerprint density at radius 3 is 2.14 bits per heavy atom. The second kappa shape index (κ2) is 7.75. The number of amides is 3. The molecule has 0 atom stereocenters. The molecule has 1 aliphatic rings. The van der Waals surface area contributed by atoms with Crippen molar-refractivity contribution in [3.63, 3.8) is 0 Å². The highest BCUT2D eigenvalue weighted by atomic mass is 16.5. The molecule has 0 bridgehead atoms. The minimum atomic E-state index is -0.310. The van der Waals surface area contributed by atoms with Crippen LogP contribution in [0.3, 0.4) is 0 Å². The minimum Gasteiger partial charge on any atom is -0.497 e. The lowest BCUT2D eigenvalue weighted by Crippen LogP contribution is -2.41. The summed E-state index contributed by atoms with van der Waals surface area (Å²) >= 11 is 0. The van der Waals surface area contributed by atoms with Gasteiger partial charge in [-0.05, 0) is 48.2 Å². The molecule has 6 nitrogen and oxygen atoms in total. The molecule has 3 amide bonds. The number of hydrogen-bond donors (Lipinski definition) is 1. The maximum absolute atomic E-state index is 12.8. The third-order valence-electron chi connectivity index (χ3n) is 5.02. The molecule has 0 unspecified atom stereocenters. The Morgan fingerprint density at radius 2 is 1.55 bits per heavy atom. The highest BCUT2D eigenvalue weighted by molar-refractivity contribution is 6.25. The summed E-state index contributed by atoms with van der Waals surface area (Å²) in [7, 11) is 1.58. The van der Waals surface area contributed by atoms with Crippen molar-refractivity contribution < 1.29 is 19.1 Å². The molecule has 1 N–H and O–H groups in total. The highest BCUT2D eigenvalue weighted by Crippen LogP contribution is 2.30. The minimum absolute atomic E-state index is 0.172. The Kier molecular flexibility index (Phi) is 4.99. The van der Waals surface area contributed by atoms with Gasteiger partial charge >= 0.3 is 0 Å². The van der Waals surface area contributed by atoms with Gasteiger partial charge in [0.25, 0.3) is 11.8 Å². The predicted octanol–water partition coefficient (Wildman–Crippen LogP) is 3.86. The molecule has 0 radical (unpaired) electrons. The molecule has 146 valence electrons. The summed E-state index contributed by atoms with van der Waals surface area (Å²) in [5, 5.41) is 4.38. The molecule has 0 spiro atoms. The van der Waals surface area contributed by atoms with Gasteiger partial charge in [0.2, 0.25) is 5.91 Å². The zero-order valence-electron chi connectivity index (χ0n) is 16.0. The molecule has 29 heavy (non-hydrogen) atoms. The van der Waals surface area contributed by atoms with E-state index in [4.69, 9.17) is 4.74 Å². The Labute approximate surface area is 168 Å². The molecule has 0 fully saturated rings. The molecule has 4 rings (SSSR count). The van der Waals surface area contributed by atoms with Crippen molar-refractivity contribution in [2.24, 2.45) is 0 Å². The molecule has 1 heterocycles. The molecule has 0 saturated heterocycles. The quantitative estimate of drug-likeness (QED) is 0.651. The van der Waals surface area contributed by atoms with E-state index in [-0.39, 0.29) is 30.7 Å². The zero-order valence-corrected chi connectivity index (χ0v) is 16.0. The Bertz CT molecular complexity index is 1050. The highest BCUT2D eigenvalue weighted by Gasteiger charge is 2.32. The first kappa shape index (κ1) is 18.7. The van der Waals surface area contributed by atoms with Gasteiger partial charge in [0.05, 0.1) is 7.11 Å². The number of carbonyl (C=O) groups excluding carboxylic acids is 3. The molecule has 0 saturated carbocycles. The number of imide groups is 1. The summed E-state index contributed by atoms with van der Waals surface area (Å²) in [5.74, 6) is -0.0836. The monoisotopic (exact) mass is 388 g/mol. The van der Waals surface area contributed by atoms with E-state index in [1.165, 1.54) is 4.90 Å². The Morgan fingerprint density at radius 1 is 0.931 bits per heavy atom. The maximum Gasteiger partial charge on any atom is 0.261 e. The van der Waals surface area contributed by atoms with Crippen LogP contribution < -0.4 is 10.1 Å². The topological polar surface area (TPSA) is 75.7 Å². The van der Waals surface area contributed by atoms with Gasteiger partial charge in [-0.15, -0.1) is 0 Å². The first-order valence-electron chi connectivity index (χ1n) is 9.40. The summed E-state index contributed by atoms with van der Waals surface area (Å²) in [6.45, 7) is 0.193. The molecule has 6 heteroatoms.